The van der Waals surface area contributed by atoms with Crippen LogP contribution in [-0.2, 0) is 0 Å². The van der Waals surface area contributed by atoms with Crippen molar-refractivity contribution in [2.24, 2.45) is 10.7 Å². The van der Waals surface area contributed by atoms with E-state index < -0.39 is 18.3 Å². The van der Waals surface area contributed by atoms with E-state index in [0.717, 1.165) is 18.2 Å². The fourth-order valence-electron chi connectivity index (χ4n) is 1.94. The summed E-state index contributed by atoms with van der Waals surface area (Å²) in [6, 6.07) is 8.69. The molecule has 0 aliphatic heterocycles. The largest absolute Gasteiger partial charge is 0.573 e. The Morgan fingerprint density at radius 1 is 1.23 bits per heavy atom. The number of halogens is 5. The van der Waals surface area contributed by atoms with Crippen molar-refractivity contribution in [1.29, 1.82) is 0 Å². The number of aliphatic hydroxyl groups excluding tert-OH is 1. The summed E-state index contributed by atoms with van der Waals surface area (Å²) in [7, 11) is 0. The molecule has 2 aromatic rings. The Labute approximate surface area is 151 Å². The highest BCUT2D eigenvalue weighted by Crippen LogP contribution is 2.24. The zero-order valence-corrected chi connectivity index (χ0v) is 13.9. The van der Waals surface area contributed by atoms with Gasteiger partial charge in [0.15, 0.2) is 5.96 Å². The fraction of sp³-hybridized carbons (Fsp3) is 0.188. The molecule has 0 saturated heterocycles. The minimum Gasteiger partial charge on any atom is -0.406 e. The molecular formula is C16H14ClF4N3O2. The molecule has 0 heterocycles. The van der Waals surface area contributed by atoms with Gasteiger partial charge in [-0.2, -0.15) is 0 Å². The van der Waals surface area contributed by atoms with Crippen LogP contribution >= 0.6 is 11.6 Å². The maximum atomic E-state index is 13.4. The Morgan fingerprint density at radius 2 is 1.88 bits per heavy atom. The topological polar surface area (TPSA) is 79.9 Å². The van der Waals surface area contributed by atoms with Crippen molar-refractivity contribution in [1.82, 2.24) is 0 Å². The van der Waals surface area contributed by atoms with E-state index in [9.17, 15) is 22.7 Å². The third-order valence-electron chi connectivity index (χ3n) is 3.12. The first kappa shape index (κ1) is 19.8. The SMILES string of the molecule is NC(=NCC(O)c1ccc(Cl)c(F)c1)Nc1ccc(OC(F)(F)F)cc1. The van der Waals surface area contributed by atoms with Crippen molar-refractivity contribution < 1.29 is 27.4 Å². The first-order valence-corrected chi connectivity index (χ1v) is 7.57. The minimum absolute atomic E-state index is 0.0661. The summed E-state index contributed by atoms with van der Waals surface area (Å²) < 4.78 is 53.4. The third-order valence-corrected chi connectivity index (χ3v) is 3.43. The van der Waals surface area contributed by atoms with Crippen LogP contribution in [0.2, 0.25) is 5.02 Å². The number of hydrogen-bond acceptors (Lipinski definition) is 3. The van der Waals surface area contributed by atoms with Crippen LogP contribution < -0.4 is 15.8 Å². The van der Waals surface area contributed by atoms with E-state index in [-0.39, 0.29) is 28.8 Å². The number of guanidine groups is 1. The van der Waals surface area contributed by atoms with Crippen LogP contribution in [0.3, 0.4) is 0 Å². The normalized spacial score (nSPS) is 13.4. The van der Waals surface area contributed by atoms with Crippen LogP contribution in [0.1, 0.15) is 11.7 Å². The number of nitrogens with one attached hydrogen (secondary N) is 1. The average molecular weight is 392 g/mol. The van der Waals surface area contributed by atoms with Crippen LogP contribution in [-0.4, -0.2) is 24.0 Å². The fourth-order valence-corrected chi connectivity index (χ4v) is 2.05. The first-order valence-electron chi connectivity index (χ1n) is 7.20. The van der Waals surface area contributed by atoms with Crippen molar-refractivity contribution >= 4 is 23.2 Å². The Bertz CT molecular complexity index is 782. The Hall–Kier alpha value is -2.52. The molecule has 26 heavy (non-hydrogen) atoms. The van der Waals surface area contributed by atoms with Gasteiger partial charge in [0, 0.05) is 5.69 Å². The third kappa shape index (κ3) is 6.08. The monoisotopic (exact) mass is 391 g/mol. The molecule has 140 valence electrons. The molecule has 5 nitrogen and oxygen atoms in total. The predicted octanol–water partition coefficient (Wildman–Crippen LogP) is 3.84. The quantitative estimate of drug-likeness (QED) is 0.411. The molecule has 1 unspecified atom stereocenters. The smallest absolute Gasteiger partial charge is 0.406 e. The lowest BCUT2D eigenvalue weighted by Crippen LogP contribution is -2.23. The van der Waals surface area contributed by atoms with Crippen LogP contribution in [0.5, 0.6) is 5.75 Å². The van der Waals surface area contributed by atoms with E-state index in [1.165, 1.54) is 24.3 Å². The summed E-state index contributed by atoms with van der Waals surface area (Å²) >= 11 is 5.56. The Balaban J connectivity index is 1.94. The van der Waals surface area contributed by atoms with Gasteiger partial charge in [-0.15, -0.1) is 13.2 Å². The van der Waals surface area contributed by atoms with E-state index in [1.807, 2.05) is 0 Å². The number of hydrogen-bond donors (Lipinski definition) is 3. The number of rotatable bonds is 5. The summed E-state index contributed by atoms with van der Waals surface area (Å²) in [6.45, 7) is -0.158. The van der Waals surface area contributed by atoms with Gasteiger partial charge in [-0.05, 0) is 42.0 Å². The van der Waals surface area contributed by atoms with E-state index in [2.05, 4.69) is 15.0 Å². The molecule has 0 fully saturated rings. The number of aliphatic imine (C=N–C) groups is 1. The number of alkyl halides is 3. The highest BCUT2D eigenvalue weighted by molar-refractivity contribution is 6.30. The minimum atomic E-state index is -4.77. The summed E-state index contributed by atoms with van der Waals surface area (Å²) in [5.74, 6) is -1.12. The highest BCUT2D eigenvalue weighted by Gasteiger charge is 2.30. The van der Waals surface area contributed by atoms with Gasteiger partial charge < -0.3 is 20.9 Å². The maximum absolute atomic E-state index is 13.4. The molecule has 0 aromatic heterocycles. The van der Waals surface area contributed by atoms with Crippen molar-refractivity contribution in [2.75, 3.05) is 11.9 Å². The maximum Gasteiger partial charge on any atom is 0.573 e. The van der Waals surface area contributed by atoms with E-state index >= 15 is 0 Å². The zero-order chi connectivity index (χ0) is 19.3. The van der Waals surface area contributed by atoms with Gasteiger partial charge in [-0.1, -0.05) is 17.7 Å². The van der Waals surface area contributed by atoms with Gasteiger partial charge in [0.2, 0.25) is 0 Å². The summed E-state index contributed by atoms with van der Waals surface area (Å²) in [5, 5.41) is 12.5. The molecule has 0 aliphatic rings. The number of ether oxygens (including phenoxy) is 1. The molecule has 10 heteroatoms. The molecule has 0 saturated carbocycles. The second-order valence-electron chi connectivity index (χ2n) is 5.11. The van der Waals surface area contributed by atoms with Crippen molar-refractivity contribution in [3.8, 4) is 5.75 Å². The Kier molecular flexibility index (Phi) is 6.27. The highest BCUT2D eigenvalue weighted by atomic mass is 35.5. The van der Waals surface area contributed by atoms with Gasteiger partial charge in [0.05, 0.1) is 17.7 Å². The van der Waals surface area contributed by atoms with E-state index in [1.54, 1.807) is 0 Å². The molecule has 0 radical (unpaired) electrons. The molecule has 0 bridgehead atoms. The van der Waals surface area contributed by atoms with Crippen molar-refractivity contribution in [2.45, 2.75) is 12.5 Å². The van der Waals surface area contributed by atoms with Crippen molar-refractivity contribution in [3.05, 3.63) is 58.9 Å². The lowest BCUT2D eigenvalue weighted by molar-refractivity contribution is -0.274. The molecule has 0 aliphatic carbocycles. The van der Waals surface area contributed by atoms with Crippen LogP contribution in [0.4, 0.5) is 23.2 Å². The lowest BCUT2D eigenvalue weighted by Gasteiger charge is -2.11. The van der Waals surface area contributed by atoms with Gasteiger partial charge in [0.1, 0.15) is 11.6 Å². The number of anilines is 1. The standard InChI is InChI=1S/C16H14ClF4N3O2/c17-12-6-1-9(7-13(12)18)14(25)8-23-15(22)24-10-2-4-11(5-3-10)26-16(19,20)21/h1-7,14,25H,8H2,(H3,22,23,24). The van der Waals surface area contributed by atoms with E-state index in [4.69, 9.17) is 17.3 Å². The van der Waals surface area contributed by atoms with Crippen LogP contribution in [0.15, 0.2) is 47.5 Å². The number of benzene rings is 2. The Morgan fingerprint density at radius 3 is 2.46 bits per heavy atom. The van der Waals surface area contributed by atoms with Gasteiger partial charge in [-0.25, -0.2) is 4.39 Å². The number of nitrogens with two attached hydrogens (primary N) is 1. The lowest BCUT2D eigenvalue weighted by atomic mass is 10.1. The second kappa shape index (κ2) is 8.24. The van der Waals surface area contributed by atoms with Crippen molar-refractivity contribution in [3.63, 3.8) is 0 Å². The second-order valence-corrected chi connectivity index (χ2v) is 5.52. The molecular weight excluding hydrogens is 378 g/mol. The molecule has 0 amide bonds. The average Bonchev–Trinajstić information content (AvgIpc) is 2.55. The molecule has 0 spiro atoms. The summed E-state index contributed by atoms with van der Waals surface area (Å²) in [4.78, 5) is 3.90. The predicted molar refractivity (Wildman–Crippen MR) is 89.6 cm³/mol. The van der Waals surface area contributed by atoms with E-state index in [0.29, 0.717) is 5.69 Å². The first-order chi connectivity index (χ1) is 12.1. The van der Waals surface area contributed by atoms with Crippen LogP contribution in [0.25, 0.3) is 0 Å². The van der Waals surface area contributed by atoms with Gasteiger partial charge >= 0.3 is 6.36 Å². The summed E-state index contributed by atoms with van der Waals surface area (Å²) in [5.41, 5.74) is 6.29. The summed E-state index contributed by atoms with van der Waals surface area (Å²) in [6.07, 6.45) is -5.88. The molecule has 4 N–H and O–H groups in total. The zero-order valence-electron chi connectivity index (χ0n) is 13.1. The van der Waals surface area contributed by atoms with Gasteiger partial charge in [0.25, 0.3) is 0 Å². The molecule has 1 atom stereocenters. The molecule has 2 aromatic carbocycles. The molecule has 2 rings (SSSR count). The number of nitrogens with zero attached hydrogens (tertiary/aromatic N) is 1. The van der Waals surface area contributed by atoms with Gasteiger partial charge in [-0.3, -0.25) is 4.99 Å². The number of aliphatic hydroxyl groups is 1. The van der Waals surface area contributed by atoms with Crippen LogP contribution in [0, 0.1) is 5.82 Å².